The van der Waals surface area contributed by atoms with Gasteiger partial charge in [0.25, 0.3) is 0 Å². The van der Waals surface area contributed by atoms with Crippen LogP contribution in [0.3, 0.4) is 0 Å². The monoisotopic (exact) mass is 165 g/mol. The Kier molecular flexibility index (Phi) is 1.36. The molecule has 0 saturated heterocycles. The lowest BCUT2D eigenvalue weighted by molar-refractivity contribution is 0.595. The minimum absolute atomic E-state index is 0.328. The van der Waals surface area contributed by atoms with Crippen LogP contribution < -0.4 is 0 Å². The second kappa shape index (κ2) is 2.27. The summed E-state index contributed by atoms with van der Waals surface area (Å²) in [6, 6.07) is 0. The fourth-order valence-electron chi connectivity index (χ4n) is 1.09. The van der Waals surface area contributed by atoms with Crippen LogP contribution in [0.5, 0.6) is 0 Å². The van der Waals surface area contributed by atoms with Gasteiger partial charge in [0.2, 0.25) is 0 Å². The molecule has 0 atom stereocenters. The Balaban J connectivity index is 2.87. The smallest absolute Gasteiger partial charge is 0.162 e. The van der Waals surface area contributed by atoms with Crippen LogP contribution in [-0.4, -0.2) is 14.6 Å². The van der Waals surface area contributed by atoms with Gasteiger partial charge >= 0.3 is 0 Å². The van der Waals surface area contributed by atoms with E-state index < -0.39 is 0 Å². The first kappa shape index (κ1) is 7.21. The molecule has 0 spiro atoms. The van der Waals surface area contributed by atoms with Gasteiger partial charge < -0.3 is 0 Å². The summed E-state index contributed by atoms with van der Waals surface area (Å²) in [4.78, 5) is 4.06. The van der Waals surface area contributed by atoms with Crippen molar-refractivity contribution in [3.8, 4) is 0 Å². The molecule has 0 aliphatic rings. The molecule has 0 bridgehead atoms. The van der Waals surface area contributed by atoms with Gasteiger partial charge in [0, 0.05) is 5.56 Å². The van der Waals surface area contributed by atoms with Gasteiger partial charge in [-0.3, -0.25) is 0 Å². The summed E-state index contributed by atoms with van der Waals surface area (Å²) in [5.41, 5.74) is 2.08. The van der Waals surface area contributed by atoms with E-state index in [2.05, 4.69) is 10.1 Å². The van der Waals surface area contributed by atoms with Gasteiger partial charge in [-0.2, -0.15) is 5.10 Å². The summed E-state index contributed by atoms with van der Waals surface area (Å²) in [5.74, 6) is -0.328. The summed E-state index contributed by atoms with van der Waals surface area (Å²) in [5, 5.41) is 3.93. The maximum absolute atomic E-state index is 12.9. The fraction of sp³-hybridized carbons (Fsp3) is 0.250. The number of fused-ring (bicyclic) bond motifs is 1. The number of aromatic nitrogens is 3. The van der Waals surface area contributed by atoms with Gasteiger partial charge in [-0.1, -0.05) is 0 Å². The highest BCUT2D eigenvalue weighted by Gasteiger charge is 2.04. The molecule has 3 nitrogen and oxygen atoms in total. The average Bonchev–Trinajstić information content (AvgIpc) is 2.35. The van der Waals surface area contributed by atoms with Gasteiger partial charge in [0.15, 0.2) is 11.5 Å². The van der Waals surface area contributed by atoms with Gasteiger partial charge in [0.1, 0.15) is 0 Å². The topological polar surface area (TPSA) is 30.2 Å². The molecule has 0 N–H and O–H groups in total. The van der Waals surface area contributed by atoms with Crippen LogP contribution in [0.15, 0.2) is 12.4 Å². The van der Waals surface area contributed by atoms with E-state index in [-0.39, 0.29) is 5.82 Å². The quantitative estimate of drug-likeness (QED) is 0.592. The van der Waals surface area contributed by atoms with Crippen molar-refractivity contribution in [1.82, 2.24) is 14.6 Å². The Morgan fingerprint density at radius 2 is 2.17 bits per heavy atom. The third-order valence-electron chi connectivity index (χ3n) is 1.80. The first-order chi connectivity index (χ1) is 5.68. The van der Waals surface area contributed by atoms with Crippen molar-refractivity contribution in [2.45, 2.75) is 13.8 Å². The molecule has 0 amide bonds. The lowest BCUT2D eigenvalue weighted by Gasteiger charge is -1.96. The highest BCUT2D eigenvalue weighted by molar-refractivity contribution is 5.45. The first-order valence-corrected chi connectivity index (χ1v) is 3.65. The molecule has 0 fully saturated rings. The van der Waals surface area contributed by atoms with Gasteiger partial charge in [0.05, 0.1) is 18.1 Å². The van der Waals surface area contributed by atoms with Crippen molar-refractivity contribution in [2.24, 2.45) is 0 Å². The van der Waals surface area contributed by atoms with Crippen molar-refractivity contribution in [3.63, 3.8) is 0 Å². The summed E-state index contributed by atoms with van der Waals surface area (Å²) in [7, 11) is 0. The molecule has 12 heavy (non-hydrogen) atoms. The third kappa shape index (κ3) is 0.879. The van der Waals surface area contributed by atoms with E-state index in [4.69, 9.17) is 0 Å². The standard InChI is InChI=1S/C8H8FN3/c1-5-3-10-12-4-7(9)6(2)11-8(5)12/h3-4H,1-2H3. The van der Waals surface area contributed by atoms with Crippen molar-refractivity contribution < 1.29 is 4.39 Å². The number of hydrogen-bond acceptors (Lipinski definition) is 2. The van der Waals surface area contributed by atoms with Crippen LogP contribution in [-0.2, 0) is 0 Å². The SMILES string of the molecule is Cc1nc2c(C)cnn2cc1F. The molecule has 0 aliphatic heterocycles. The summed E-state index contributed by atoms with van der Waals surface area (Å²) in [6.07, 6.45) is 3.01. The molecule has 2 heterocycles. The molecule has 0 saturated carbocycles. The van der Waals surface area contributed by atoms with E-state index in [1.165, 1.54) is 10.7 Å². The Morgan fingerprint density at radius 3 is 2.92 bits per heavy atom. The van der Waals surface area contributed by atoms with Crippen LogP contribution in [0.25, 0.3) is 5.65 Å². The predicted molar refractivity (Wildman–Crippen MR) is 42.4 cm³/mol. The second-order valence-electron chi connectivity index (χ2n) is 2.77. The molecular weight excluding hydrogens is 157 g/mol. The van der Waals surface area contributed by atoms with Crippen LogP contribution in [0.4, 0.5) is 4.39 Å². The van der Waals surface area contributed by atoms with E-state index in [0.717, 1.165) is 5.56 Å². The second-order valence-corrected chi connectivity index (χ2v) is 2.77. The third-order valence-corrected chi connectivity index (χ3v) is 1.80. The number of rotatable bonds is 0. The number of nitrogens with zero attached hydrogens (tertiary/aromatic N) is 3. The van der Waals surface area contributed by atoms with Gasteiger partial charge in [-0.05, 0) is 13.8 Å². The van der Waals surface area contributed by atoms with E-state index in [9.17, 15) is 4.39 Å². The zero-order chi connectivity index (χ0) is 8.72. The normalized spacial score (nSPS) is 10.9. The molecular formula is C8H8FN3. The minimum Gasteiger partial charge on any atom is -0.231 e. The summed E-state index contributed by atoms with van der Waals surface area (Å²) >= 11 is 0. The zero-order valence-corrected chi connectivity index (χ0v) is 6.87. The first-order valence-electron chi connectivity index (χ1n) is 3.65. The molecule has 0 aliphatic carbocycles. The highest BCUT2D eigenvalue weighted by atomic mass is 19.1. The Hall–Kier alpha value is -1.45. The number of aryl methyl sites for hydroxylation is 2. The van der Waals surface area contributed by atoms with Crippen LogP contribution >= 0.6 is 0 Å². The largest absolute Gasteiger partial charge is 0.231 e. The maximum Gasteiger partial charge on any atom is 0.162 e. The molecule has 0 radical (unpaired) electrons. The average molecular weight is 165 g/mol. The van der Waals surface area contributed by atoms with Crippen LogP contribution in [0.2, 0.25) is 0 Å². The fourth-order valence-corrected chi connectivity index (χ4v) is 1.09. The van der Waals surface area contributed by atoms with E-state index >= 15 is 0 Å². The lowest BCUT2D eigenvalue weighted by Crippen LogP contribution is -1.96. The minimum atomic E-state index is -0.328. The Bertz CT molecular complexity index is 433. The van der Waals surface area contributed by atoms with E-state index in [0.29, 0.717) is 11.3 Å². The lowest BCUT2D eigenvalue weighted by atomic mass is 10.3. The van der Waals surface area contributed by atoms with E-state index in [1.54, 1.807) is 13.1 Å². The highest BCUT2D eigenvalue weighted by Crippen LogP contribution is 2.09. The Morgan fingerprint density at radius 1 is 1.42 bits per heavy atom. The molecule has 2 aromatic heterocycles. The van der Waals surface area contributed by atoms with Crippen LogP contribution in [0, 0.1) is 19.7 Å². The molecule has 0 unspecified atom stereocenters. The van der Waals surface area contributed by atoms with Crippen molar-refractivity contribution in [2.75, 3.05) is 0 Å². The number of halogens is 1. The van der Waals surface area contributed by atoms with Crippen LogP contribution in [0.1, 0.15) is 11.3 Å². The maximum atomic E-state index is 12.9. The summed E-state index contributed by atoms with van der Waals surface area (Å²) < 4.78 is 14.4. The number of hydrogen-bond donors (Lipinski definition) is 0. The van der Waals surface area contributed by atoms with Crippen molar-refractivity contribution in [1.29, 1.82) is 0 Å². The molecule has 2 rings (SSSR count). The van der Waals surface area contributed by atoms with Gasteiger partial charge in [-0.25, -0.2) is 13.9 Å². The van der Waals surface area contributed by atoms with Gasteiger partial charge in [-0.15, -0.1) is 0 Å². The van der Waals surface area contributed by atoms with E-state index in [1.807, 2.05) is 6.92 Å². The van der Waals surface area contributed by atoms with Crippen molar-refractivity contribution in [3.05, 3.63) is 29.5 Å². The summed E-state index contributed by atoms with van der Waals surface area (Å²) in [6.45, 7) is 3.54. The zero-order valence-electron chi connectivity index (χ0n) is 6.87. The predicted octanol–water partition coefficient (Wildman–Crippen LogP) is 1.49. The molecule has 4 heteroatoms. The Labute approximate surface area is 68.9 Å². The van der Waals surface area contributed by atoms with Crippen molar-refractivity contribution >= 4 is 5.65 Å². The molecule has 2 aromatic rings. The molecule has 62 valence electrons. The molecule has 0 aromatic carbocycles.